The zero-order valence-electron chi connectivity index (χ0n) is 12.7. The van der Waals surface area contributed by atoms with Crippen molar-refractivity contribution in [1.82, 2.24) is 5.32 Å². The van der Waals surface area contributed by atoms with Crippen molar-refractivity contribution in [3.05, 3.63) is 34.3 Å². The van der Waals surface area contributed by atoms with Crippen molar-refractivity contribution < 1.29 is 4.79 Å². The van der Waals surface area contributed by atoms with Gasteiger partial charge in [-0.1, -0.05) is 47.3 Å². The quantitative estimate of drug-likeness (QED) is 0.852. The highest BCUT2D eigenvalue weighted by atomic mass is 79.9. The van der Waals surface area contributed by atoms with Crippen LogP contribution < -0.4 is 11.1 Å². The van der Waals surface area contributed by atoms with Gasteiger partial charge in [-0.25, -0.2) is 0 Å². The summed E-state index contributed by atoms with van der Waals surface area (Å²) < 4.78 is 1.08. The van der Waals surface area contributed by atoms with E-state index in [-0.39, 0.29) is 17.4 Å². The van der Waals surface area contributed by atoms with Crippen molar-refractivity contribution >= 4 is 21.8 Å². The zero-order chi connectivity index (χ0) is 15.3. The van der Waals surface area contributed by atoms with Crippen LogP contribution in [0.1, 0.15) is 44.6 Å². The van der Waals surface area contributed by atoms with Crippen LogP contribution in [0.5, 0.6) is 0 Å². The Hall–Kier alpha value is -0.870. The molecular weight excluding hydrogens is 328 g/mol. The summed E-state index contributed by atoms with van der Waals surface area (Å²) in [6.45, 7) is 2.52. The molecule has 0 saturated heterocycles. The van der Waals surface area contributed by atoms with Crippen molar-refractivity contribution in [3.8, 4) is 0 Å². The molecule has 1 fully saturated rings. The van der Waals surface area contributed by atoms with E-state index in [0.717, 1.165) is 36.6 Å². The van der Waals surface area contributed by atoms with Gasteiger partial charge in [0.1, 0.15) is 0 Å². The van der Waals surface area contributed by atoms with Crippen LogP contribution >= 0.6 is 15.9 Å². The minimum absolute atomic E-state index is 0.129. The summed E-state index contributed by atoms with van der Waals surface area (Å²) in [5.41, 5.74) is 6.82. The summed E-state index contributed by atoms with van der Waals surface area (Å²) in [5.74, 6) is 0.148. The lowest BCUT2D eigenvalue weighted by Gasteiger charge is -2.35. The van der Waals surface area contributed by atoms with Gasteiger partial charge in [0.25, 0.3) is 0 Å². The standard InChI is InChI=1S/C17H25BrN2O/c1-13(11-14-5-7-15(18)8-6-14)20-16(21)17(12-19)9-3-2-4-10-17/h5-8,13H,2-4,9-12,19H2,1H3,(H,20,21). The molecule has 1 atom stereocenters. The molecule has 0 radical (unpaired) electrons. The first-order chi connectivity index (χ1) is 10.1. The van der Waals surface area contributed by atoms with Gasteiger partial charge in [-0.3, -0.25) is 4.79 Å². The highest BCUT2D eigenvalue weighted by Crippen LogP contribution is 2.35. The van der Waals surface area contributed by atoms with Crippen molar-refractivity contribution in [1.29, 1.82) is 0 Å². The molecule has 1 unspecified atom stereocenters. The summed E-state index contributed by atoms with van der Waals surface area (Å²) in [5, 5.41) is 3.17. The predicted molar refractivity (Wildman–Crippen MR) is 90.0 cm³/mol. The third kappa shape index (κ3) is 4.30. The summed E-state index contributed by atoms with van der Waals surface area (Å²) in [4.78, 5) is 12.6. The molecule has 1 aromatic rings. The molecule has 0 aliphatic heterocycles. The molecule has 0 aromatic heterocycles. The summed E-state index contributed by atoms with van der Waals surface area (Å²) in [7, 11) is 0. The highest BCUT2D eigenvalue weighted by molar-refractivity contribution is 9.10. The molecule has 3 N–H and O–H groups in total. The Morgan fingerprint density at radius 2 is 1.90 bits per heavy atom. The number of carbonyl (C=O) groups excluding carboxylic acids is 1. The zero-order valence-corrected chi connectivity index (χ0v) is 14.3. The van der Waals surface area contributed by atoms with Crippen LogP contribution in [-0.2, 0) is 11.2 Å². The van der Waals surface area contributed by atoms with Crippen LogP contribution in [0.2, 0.25) is 0 Å². The van der Waals surface area contributed by atoms with Crippen molar-refractivity contribution in [3.63, 3.8) is 0 Å². The molecule has 1 aromatic carbocycles. The van der Waals surface area contributed by atoms with E-state index in [0.29, 0.717) is 6.54 Å². The molecule has 3 nitrogen and oxygen atoms in total. The molecule has 1 amide bonds. The first-order valence-corrected chi connectivity index (χ1v) is 8.60. The third-order valence-electron chi connectivity index (χ3n) is 4.52. The molecule has 0 heterocycles. The first-order valence-electron chi connectivity index (χ1n) is 7.81. The van der Waals surface area contributed by atoms with Gasteiger partial charge in [0.05, 0.1) is 5.41 Å². The van der Waals surface area contributed by atoms with E-state index in [1.807, 2.05) is 12.1 Å². The largest absolute Gasteiger partial charge is 0.353 e. The van der Waals surface area contributed by atoms with Crippen LogP contribution in [0.4, 0.5) is 0 Å². The van der Waals surface area contributed by atoms with E-state index < -0.39 is 0 Å². The summed E-state index contributed by atoms with van der Waals surface area (Å²) >= 11 is 3.44. The second-order valence-electron chi connectivity index (χ2n) is 6.25. The fourth-order valence-electron chi connectivity index (χ4n) is 3.15. The Bertz CT molecular complexity index is 466. The van der Waals surface area contributed by atoms with Crippen molar-refractivity contribution in [2.24, 2.45) is 11.1 Å². The number of carbonyl (C=O) groups is 1. The topological polar surface area (TPSA) is 55.1 Å². The van der Waals surface area contributed by atoms with Gasteiger partial charge in [0.15, 0.2) is 0 Å². The number of halogens is 1. The number of nitrogens with one attached hydrogen (secondary N) is 1. The lowest BCUT2D eigenvalue weighted by molar-refractivity contribution is -0.133. The lowest BCUT2D eigenvalue weighted by atomic mass is 9.73. The van der Waals surface area contributed by atoms with Crippen LogP contribution in [0.15, 0.2) is 28.7 Å². The van der Waals surface area contributed by atoms with E-state index in [9.17, 15) is 4.79 Å². The second kappa shape index (κ2) is 7.41. The van der Waals surface area contributed by atoms with Crippen LogP contribution in [0.3, 0.4) is 0 Å². The molecule has 4 heteroatoms. The average Bonchev–Trinajstić information content (AvgIpc) is 2.50. The number of rotatable bonds is 5. The number of hydrogen-bond donors (Lipinski definition) is 2. The normalized spacial score (nSPS) is 19.0. The van der Waals surface area contributed by atoms with E-state index >= 15 is 0 Å². The fourth-order valence-corrected chi connectivity index (χ4v) is 3.42. The Labute approximate surface area is 135 Å². The van der Waals surface area contributed by atoms with Crippen LogP contribution in [0, 0.1) is 5.41 Å². The molecule has 2 rings (SSSR count). The molecule has 0 bridgehead atoms. The van der Waals surface area contributed by atoms with Gasteiger partial charge < -0.3 is 11.1 Å². The molecule has 21 heavy (non-hydrogen) atoms. The summed E-state index contributed by atoms with van der Waals surface area (Å²) in [6, 6.07) is 8.38. The smallest absolute Gasteiger partial charge is 0.227 e. The first kappa shape index (κ1) is 16.5. The molecule has 1 aliphatic rings. The van der Waals surface area contributed by atoms with Gasteiger partial charge in [0, 0.05) is 17.1 Å². The highest BCUT2D eigenvalue weighted by Gasteiger charge is 2.38. The monoisotopic (exact) mass is 352 g/mol. The molecular formula is C17H25BrN2O. The van der Waals surface area contributed by atoms with Crippen molar-refractivity contribution in [2.75, 3.05) is 6.54 Å². The SMILES string of the molecule is CC(Cc1ccc(Br)cc1)NC(=O)C1(CN)CCCCC1. The number of nitrogens with two attached hydrogens (primary N) is 1. The minimum Gasteiger partial charge on any atom is -0.353 e. The van der Waals surface area contributed by atoms with Crippen LogP contribution in [0.25, 0.3) is 0 Å². The fraction of sp³-hybridized carbons (Fsp3) is 0.588. The Balaban J connectivity index is 1.93. The van der Waals surface area contributed by atoms with E-state index in [4.69, 9.17) is 5.73 Å². The van der Waals surface area contributed by atoms with E-state index in [1.165, 1.54) is 12.0 Å². The van der Waals surface area contributed by atoms with Gasteiger partial charge in [-0.2, -0.15) is 0 Å². The van der Waals surface area contributed by atoms with E-state index in [1.54, 1.807) is 0 Å². The number of benzene rings is 1. The minimum atomic E-state index is -0.327. The van der Waals surface area contributed by atoms with E-state index in [2.05, 4.69) is 40.3 Å². The maximum atomic E-state index is 12.6. The lowest BCUT2D eigenvalue weighted by Crippen LogP contribution is -2.50. The number of amides is 1. The van der Waals surface area contributed by atoms with Gasteiger partial charge in [0.2, 0.25) is 5.91 Å². The van der Waals surface area contributed by atoms with Gasteiger partial charge in [-0.15, -0.1) is 0 Å². The second-order valence-corrected chi connectivity index (χ2v) is 7.17. The predicted octanol–water partition coefficient (Wildman–Crippen LogP) is 3.41. The molecule has 116 valence electrons. The molecule has 1 aliphatic carbocycles. The maximum Gasteiger partial charge on any atom is 0.227 e. The molecule has 0 spiro atoms. The Morgan fingerprint density at radius 3 is 2.48 bits per heavy atom. The molecule has 1 saturated carbocycles. The number of hydrogen-bond acceptors (Lipinski definition) is 2. The Morgan fingerprint density at radius 1 is 1.29 bits per heavy atom. The summed E-state index contributed by atoms with van der Waals surface area (Å²) in [6.07, 6.45) is 6.17. The van der Waals surface area contributed by atoms with Gasteiger partial charge in [-0.05, 0) is 43.9 Å². The third-order valence-corrected chi connectivity index (χ3v) is 5.04. The van der Waals surface area contributed by atoms with Crippen LogP contribution in [-0.4, -0.2) is 18.5 Å². The maximum absolute atomic E-state index is 12.6. The van der Waals surface area contributed by atoms with Gasteiger partial charge >= 0.3 is 0 Å². The average molecular weight is 353 g/mol. The Kier molecular flexibility index (Phi) is 5.82. The van der Waals surface area contributed by atoms with Crippen molar-refractivity contribution in [2.45, 2.75) is 51.5 Å².